The predicted molar refractivity (Wildman–Crippen MR) is 49.2 cm³/mol. The molecule has 0 spiro atoms. The van der Waals surface area contributed by atoms with Gasteiger partial charge in [0, 0.05) is 11.6 Å². The van der Waals surface area contributed by atoms with E-state index in [1.54, 1.807) is 0 Å². The Hall–Kier alpha value is -2.15. The van der Waals surface area contributed by atoms with Crippen molar-refractivity contribution in [2.75, 3.05) is 0 Å². The summed E-state index contributed by atoms with van der Waals surface area (Å²) in [6, 6.07) is 5.70. The molecule has 0 saturated carbocycles. The maximum absolute atomic E-state index is 12.8. The van der Waals surface area contributed by atoms with Gasteiger partial charge in [-0.3, -0.25) is 4.79 Å². The van der Waals surface area contributed by atoms with E-state index in [2.05, 4.69) is 4.98 Å². The fraction of sp³-hybridized carbons (Fsp3) is 0. The van der Waals surface area contributed by atoms with Crippen molar-refractivity contribution in [2.45, 2.75) is 0 Å². The first-order valence-electron chi connectivity index (χ1n) is 3.93. The van der Waals surface area contributed by atoms with E-state index in [9.17, 15) is 9.18 Å². The molecule has 0 unspecified atom stereocenters. The highest BCUT2D eigenvalue weighted by atomic mass is 19.1. The number of aromatic amines is 1. The maximum Gasteiger partial charge on any atom is 0.255 e. The molecule has 3 nitrogen and oxygen atoms in total. The molecule has 2 rings (SSSR count). The molecule has 1 aromatic heterocycles. The van der Waals surface area contributed by atoms with Crippen LogP contribution in [-0.2, 0) is 0 Å². The molecule has 0 aliphatic heterocycles. The van der Waals surface area contributed by atoms with Gasteiger partial charge < -0.3 is 4.98 Å². The molecular weight excluding hydrogens is 183 g/mol. The summed E-state index contributed by atoms with van der Waals surface area (Å²) in [6.45, 7) is 0. The predicted octanol–water partition coefficient (Wildman–Crippen LogP) is 1.54. The van der Waals surface area contributed by atoms with E-state index in [-0.39, 0.29) is 5.39 Å². The van der Waals surface area contributed by atoms with Crippen molar-refractivity contribution in [3.63, 3.8) is 0 Å². The summed E-state index contributed by atoms with van der Waals surface area (Å²) in [4.78, 5) is 13.6. The van der Waals surface area contributed by atoms with Gasteiger partial charge in [0.15, 0.2) is 0 Å². The summed E-state index contributed by atoms with van der Waals surface area (Å²) in [5.41, 5.74) is -0.0573. The quantitative estimate of drug-likeness (QED) is 0.681. The van der Waals surface area contributed by atoms with Crippen LogP contribution in [0.4, 0.5) is 4.39 Å². The maximum atomic E-state index is 12.8. The topological polar surface area (TPSA) is 56.6 Å². The van der Waals surface area contributed by atoms with Crippen LogP contribution < -0.4 is 5.56 Å². The zero-order valence-corrected chi connectivity index (χ0v) is 7.04. The number of halogens is 1. The number of pyridine rings is 1. The van der Waals surface area contributed by atoms with Crippen molar-refractivity contribution >= 4 is 10.8 Å². The van der Waals surface area contributed by atoms with Crippen LogP contribution in [0.15, 0.2) is 29.2 Å². The molecule has 0 atom stereocenters. The lowest BCUT2D eigenvalue weighted by atomic mass is 10.1. The monoisotopic (exact) mass is 188 g/mol. The van der Waals surface area contributed by atoms with Crippen molar-refractivity contribution in [3.8, 4) is 6.07 Å². The van der Waals surface area contributed by atoms with Crippen LogP contribution in [-0.4, -0.2) is 4.98 Å². The molecule has 0 bridgehead atoms. The van der Waals surface area contributed by atoms with Crippen molar-refractivity contribution in [3.05, 3.63) is 46.1 Å². The Morgan fingerprint density at radius 3 is 2.86 bits per heavy atom. The lowest BCUT2D eigenvalue weighted by molar-refractivity contribution is 0.629. The minimum absolute atomic E-state index is 0.198. The van der Waals surface area contributed by atoms with Gasteiger partial charge in [0.1, 0.15) is 11.9 Å². The van der Waals surface area contributed by atoms with Crippen LogP contribution in [0.1, 0.15) is 5.56 Å². The Labute approximate surface area is 78.4 Å². The molecule has 0 aliphatic carbocycles. The molecule has 0 amide bonds. The molecule has 2 aromatic rings. The van der Waals surface area contributed by atoms with Gasteiger partial charge in [-0.1, -0.05) is 0 Å². The summed E-state index contributed by atoms with van der Waals surface area (Å²) in [7, 11) is 0. The zero-order valence-electron chi connectivity index (χ0n) is 7.04. The van der Waals surface area contributed by atoms with Gasteiger partial charge in [0.2, 0.25) is 0 Å². The number of aromatic nitrogens is 1. The lowest BCUT2D eigenvalue weighted by Gasteiger charge is -1.98. The fourth-order valence-electron chi connectivity index (χ4n) is 1.32. The van der Waals surface area contributed by atoms with Crippen LogP contribution in [0.3, 0.4) is 0 Å². The number of H-pyrrole nitrogens is 1. The molecular formula is C10H5FN2O. The van der Waals surface area contributed by atoms with E-state index < -0.39 is 11.4 Å². The van der Waals surface area contributed by atoms with Gasteiger partial charge in [0.25, 0.3) is 5.56 Å². The van der Waals surface area contributed by atoms with E-state index in [0.717, 1.165) is 6.07 Å². The van der Waals surface area contributed by atoms with E-state index in [0.29, 0.717) is 10.9 Å². The molecule has 0 saturated heterocycles. The van der Waals surface area contributed by atoms with Crippen LogP contribution in [0.5, 0.6) is 0 Å². The second kappa shape index (κ2) is 2.96. The van der Waals surface area contributed by atoms with Gasteiger partial charge in [-0.05, 0) is 18.2 Å². The normalized spacial score (nSPS) is 10.0. The average molecular weight is 188 g/mol. The molecule has 4 heteroatoms. The second-order valence-electron chi connectivity index (χ2n) is 2.83. The highest BCUT2D eigenvalue weighted by molar-refractivity contribution is 5.86. The van der Waals surface area contributed by atoms with Crippen molar-refractivity contribution in [1.82, 2.24) is 4.98 Å². The SMILES string of the molecule is N#Cc1c[nH]c(=O)c2cc(F)ccc12. The van der Waals surface area contributed by atoms with Gasteiger partial charge >= 0.3 is 0 Å². The molecule has 0 fully saturated rings. The molecule has 1 heterocycles. The number of fused-ring (bicyclic) bond motifs is 1. The van der Waals surface area contributed by atoms with E-state index in [1.807, 2.05) is 6.07 Å². The van der Waals surface area contributed by atoms with Crippen molar-refractivity contribution in [2.24, 2.45) is 0 Å². The number of nitrogens with one attached hydrogen (secondary N) is 1. The third kappa shape index (κ3) is 1.15. The number of rotatable bonds is 0. The first-order chi connectivity index (χ1) is 6.72. The standard InChI is InChI=1S/C10H5FN2O/c11-7-1-2-8-6(4-12)5-13-10(14)9(8)3-7/h1-3,5H,(H,13,14). The summed E-state index contributed by atoms with van der Waals surface area (Å²) in [5.74, 6) is -0.488. The smallest absolute Gasteiger partial charge is 0.255 e. The highest BCUT2D eigenvalue weighted by Gasteiger charge is 2.04. The Bertz CT molecular complexity index is 595. The Morgan fingerprint density at radius 1 is 1.36 bits per heavy atom. The van der Waals surface area contributed by atoms with E-state index >= 15 is 0 Å². The highest BCUT2D eigenvalue weighted by Crippen LogP contribution is 2.14. The van der Waals surface area contributed by atoms with Crippen molar-refractivity contribution < 1.29 is 4.39 Å². The minimum Gasteiger partial charge on any atom is -0.327 e. The number of nitrogens with zero attached hydrogens (tertiary/aromatic N) is 1. The number of hydrogen-bond acceptors (Lipinski definition) is 2. The second-order valence-corrected chi connectivity index (χ2v) is 2.83. The van der Waals surface area contributed by atoms with Gasteiger partial charge in [0.05, 0.1) is 10.9 Å². The summed E-state index contributed by atoms with van der Waals surface area (Å²) < 4.78 is 12.8. The minimum atomic E-state index is -0.488. The molecule has 14 heavy (non-hydrogen) atoms. The van der Waals surface area contributed by atoms with Gasteiger partial charge in [-0.25, -0.2) is 4.39 Å². The Kier molecular flexibility index (Phi) is 1.79. The number of nitriles is 1. The third-order valence-electron chi connectivity index (χ3n) is 1.98. The summed E-state index contributed by atoms with van der Waals surface area (Å²) in [5, 5.41) is 9.40. The van der Waals surface area contributed by atoms with Crippen LogP contribution >= 0.6 is 0 Å². The largest absolute Gasteiger partial charge is 0.327 e. The van der Waals surface area contributed by atoms with Gasteiger partial charge in [-0.15, -0.1) is 0 Å². The molecule has 0 radical (unpaired) electrons. The van der Waals surface area contributed by atoms with Crippen LogP contribution in [0, 0.1) is 17.1 Å². The summed E-state index contributed by atoms with van der Waals surface area (Å²) >= 11 is 0. The number of benzene rings is 1. The third-order valence-corrected chi connectivity index (χ3v) is 1.98. The Balaban J connectivity index is 3.01. The van der Waals surface area contributed by atoms with Crippen LogP contribution in [0.25, 0.3) is 10.8 Å². The number of hydrogen-bond donors (Lipinski definition) is 1. The van der Waals surface area contributed by atoms with Gasteiger partial charge in [-0.2, -0.15) is 5.26 Å². The molecule has 1 N–H and O–H groups in total. The van der Waals surface area contributed by atoms with Crippen LogP contribution in [0.2, 0.25) is 0 Å². The summed E-state index contributed by atoms with van der Waals surface area (Å²) in [6.07, 6.45) is 1.32. The van der Waals surface area contributed by atoms with E-state index in [1.165, 1.54) is 18.3 Å². The first-order valence-corrected chi connectivity index (χ1v) is 3.93. The molecule has 0 aliphatic rings. The zero-order chi connectivity index (χ0) is 10.1. The average Bonchev–Trinajstić information content (AvgIpc) is 2.19. The van der Waals surface area contributed by atoms with E-state index in [4.69, 9.17) is 5.26 Å². The molecule has 1 aromatic carbocycles. The fourth-order valence-corrected chi connectivity index (χ4v) is 1.32. The lowest BCUT2D eigenvalue weighted by Crippen LogP contribution is -2.06. The Morgan fingerprint density at radius 2 is 2.14 bits per heavy atom. The molecule has 68 valence electrons. The first kappa shape index (κ1) is 8.45. The van der Waals surface area contributed by atoms with Crippen molar-refractivity contribution in [1.29, 1.82) is 5.26 Å².